The number of carbonyl (C=O) groups is 1. The maximum atomic E-state index is 13.7. The SMILES string of the molecule is O=C(NC1C2CC3CC(C2)CC1C3)c1ccccc1F. The highest BCUT2D eigenvalue weighted by Crippen LogP contribution is 2.53. The first-order chi connectivity index (χ1) is 9.70. The van der Waals surface area contributed by atoms with Crippen LogP contribution in [0.1, 0.15) is 42.5 Å². The van der Waals surface area contributed by atoms with Gasteiger partial charge in [0.25, 0.3) is 5.91 Å². The lowest BCUT2D eigenvalue weighted by Crippen LogP contribution is -2.55. The molecule has 4 aliphatic carbocycles. The monoisotopic (exact) mass is 273 g/mol. The van der Waals surface area contributed by atoms with Crippen molar-refractivity contribution < 1.29 is 9.18 Å². The average Bonchev–Trinajstić information content (AvgIpc) is 2.42. The fraction of sp³-hybridized carbons (Fsp3) is 0.588. The lowest BCUT2D eigenvalue weighted by atomic mass is 9.54. The Labute approximate surface area is 118 Å². The van der Waals surface area contributed by atoms with Crippen molar-refractivity contribution in [3.63, 3.8) is 0 Å². The molecule has 20 heavy (non-hydrogen) atoms. The third-order valence-electron chi connectivity index (χ3n) is 5.64. The van der Waals surface area contributed by atoms with Crippen LogP contribution in [0, 0.1) is 29.5 Å². The number of amides is 1. The van der Waals surface area contributed by atoms with Crippen LogP contribution in [0.15, 0.2) is 24.3 Å². The van der Waals surface area contributed by atoms with Gasteiger partial charge in [-0.1, -0.05) is 12.1 Å². The van der Waals surface area contributed by atoms with Gasteiger partial charge in [0.1, 0.15) is 5.82 Å². The molecule has 3 heteroatoms. The van der Waals surface area contributed by atoms with Gasteiger partial charge in [-0.05, 0) is 67.9 Å². The minimum atomic E-state index is -0.422. The Morgan fingerprint density at radius 1 is 1.00 bits per heavy atom. The summed E-state index contributed by atoms with van der Waals surface area (Å²) >= 11 is 0. The summed E-state index contributed by atoms with van der Waals surface area (Å²) in [4.78, 5) is 12.3. The van der Waals surface area contributed by atoms with Crippen LogP contribution in [0.25, 0.3) is 0 Å². The van der Waals surface area contributed by atoms with E-state index in [1.807, 2.05) is 0 Å². The highest BCUT2D eigenvalue weighted by molar-refractivity contribution is 5.94. The maximum absolute atomic E-state index is 13.7. The Balaban J connectivity index is 1.52. The van der Waals surface area contributed by atoms with Crippen LogP contribution in [0.5, 0.6) is 0 Å². The fourth-order valence-corrected chi connectivity index (χ4v) is 5.04. The minimum Gasteiger partial charge on any atom is -0.349 e. The second-order valence-corrected chi connectivity index (χ2v) is 6.91. The Hall–Kier alpha value is -1.38. The lowest BCUT2D eigenvalue weighted by molar-refractivity contribution is -0.0120. The van der Waals surface area contributed by atoms with E-state index >= 15 is 0 Å². The third kappa shape index (κ3) is 1.95. The molecule has 4 aliphatic rings. The molecular formula is C17H20FNO. The number of rotatable bonds is 2. The van der Waals surface area contributed by atoms with Gasteiger partial charge in [0.05, 0.1) is 5.56 Å². The summed E-state index contributed by atoms with van der Waals surface area (Å²) < 4.78 is 13.7. The normalized spacial score (nSPS) is 38.0. The summed E-state index contributed by atoms with van der Waals surface area (Å²) in [5, 5.41) is 3.14. The summed E-state index contributed by atoms with van der Waals surface area (Å²) in [5.74, 6) is 2.37. The van der Waals surface area contributed by atoms with Crippen molar-refractivity contribution in [3.8, 4) is 0 Å². The van der Waals surface area contributed by atoms with Crippen LogP contribution in [0.3, 0.4) is 0 Å². The van der Waals surface area contributed by atoms with Crippen molar-refractivity contribution in [2.75, 3.05) is 0 Å². The van der Waals surface area contributed by atoms with Crippen molar-refractivity contribution in [2.24, 2.45) is 23.7 Å². The van der Waals surface area contributed by atoms with E-state index in [1.54, 1.807) is 18.2 Å². The van der Waals surface area contributed by atoms with Crippen molar-refractivity contribution in [1.29, 1.82) is 0 Å². The number of hydrogen-bond donors (Lipinski definition) is 1. The zero-order chi connectivity index (χ0) is 13.7. The molecule has 0 atom stereocenters. The van der Waals surface area contributed by atoms with E-state index in [-0.39, 0.29) is 17.5 Å². The second kappa shape index (κ2) is 4.57. The van der Waals surface area contributed by atoms with Crippen LogP contribution in [0.4, 0.5) is 4.39 Å². The second-order valence-electron chi connectivity index (χ2n) is 6.91. The van der Waals surface area contributed by atoms with Gasteiger partial charge in [-0.2, -0.15) is 0 Å². The van der Waals surface area contributed by atoms with Gasteiger partial charge in [-0.15, -0.1) is 0 Å². The molecule has 0 radical (unpaired) electrons. The van der Waals surface area contributed by atoms with Gasteiger partial charge in [0, 0.05) is 6.04 Å². The van der Waals surface area contributed by atoms with Gasteiger partial charge >= 0.3 is 0 Å². The van der Waals surface area contributed by atoms with Gasteiger partial charge in [0.2, 0.25) is 0 Å². The van der Waals surface area contributed by atoms with E-state index < -0.39 is 5.82 Å². The average molecular weight is 273 g/mol. The molecule has 4 saturated carbocycles. The van der Waals surface area contributed by atoms with Crippen molar-refractivity contribution in [1.82, 2.24) is 5.32 Å². The lowest BCUT2D eigenvalue weighted by Gasteiger charge is -2.54. The van der Waals surface area contributed by atoms with Crippen molar-refractivity contribution in [2.45, 2.75) is 38.1 Å². The Kier molecular flexibility index (Phi) is 2.83. The molecule has 1 aromatic carbocycles. The number of benzene rings is 1. The molecule has 0 aromatic heterocycles. The Bertz CT molecular complexity index is 514. The largest absolute Gasteiger partial charge is 0.349 e. The highest BCUT2D eigenvalue weighted by Gasteiger charge is 2.48. The zero-order valence-corrected chi connectivity index (χ0v) is 11.5. The van der Waals surface area contributed by atoms with Crippen LogP contribution in [0.2, 0.25) is 0 Å². The molecule has 0 unspecified atom stereocenters. The van der Waals surface area contributed by atoms with Crippen LogP contribution in [-0.2, 0) is 0 Å². The predicted molar refractivity (Wildman–Crippen MR) is 74.7 cm³/mol. The summed E-state index contributed by atoms with van der Waals surface area (Å²) in [5.41, 5.74) is 0.182. The summed E-state index contributed by atoms with van der Waals surface area (Å²) in [7, 11) is 0. The number of nitrogens with one attached hydrogen (secondary N) is 1. The topological polar surface area (TPSA) is 29.1 Å². The smallest absolute Gasteiger partial charge is 0.254 e. The molecule has 1 aromatic rings. The van der Waals surface area contributed by atoms with Crippen LogP contribution < -0.4 is 5.32 Å². The Morgan fingerprint density at radius 2 is 1.60 bits per heavy atom. The van der Waals surface area contributed by atoms with E-state index in [9.17, 15) is 9.18 Å². The molecular weight excluding hydrogens is 253 g/mol. The fourth-order valence-electron chi connectivity index (χ4n) is 5.04. The number of carbonyl (C=O) groups excluding carboxylic acids is 1. The predicted octanol–water partition coefficient (Wildman–Crippen LogP) is 3.38. The number of hydrogen-bond acceptors (Lipinski definition) is 1. The molecule has 0 heterocycles. The van der Waals surface area contributed by atoms with E-state index in [0.29, 0.717) is 11.8 Å². The van der Waals surface area contributed by atoms with Gasteiger partial charge in [-0.3, -0.25) is 4.79 Å². The van der Waals surface area contributed by atoms with E-state index in [0.717, 1.165) is 11.8 Å². The molecule has 0 saturated heterocycles. The molecule has 2 nitrogen and oxygen atoms in total. The minimum absolute atomic E-state index is 0.182. The molecule has 106 valence electrons. The molecule has 1 amide bonds. The number of halogens is 1. The van der Waals surface area contributed by atoms with E-state index in [4.69, 9.17) is 0 Å². The quantitative estimate of drug-likeness (QED) is 0.879. The first-order valence-corrected chi connectivity index (χ1v) is 7.76. The molecule has 5 rings (SSSR count). The molecule has 0 aliphatic heterocycles. The third-order valence-corrected chi connectivity index (χ3v) is 5.64. The zero-order valence-electron chi connectivity index (χ0n) is 11.5. The molecule has 0 spiro atoms. The standard InChI is InChI=1S/C17H20FNO/c18-15-4-2-1-3-14(15)17(20)19-16-12-6-10-5-11(8-12)9-13(16)7-10/h1-4,10-13,16H,5-9H2,(H,19,20). The summed E-state index contributed by atoms with van der Waals surface area (Å²) in [6, 6.07) is 6.53. The van der Waals surface area contributed by atoms with Gasteiger partial charge in [0.15, 0.2) is 0 Å². The highest BCUT2D eigenvalue weighted by atomic mass is 19.1. The first-order valence-electron chi connectivity index (χ1n) is 7.76. The molecule has 4 fully saturated rings. The van der Waals surface area contributed by atoms with E-state index in [2.05, 4.69) is 5.32 Å². The molecule has 4 bridgehead atoms. The van der Waals surface area contributed by atoms with Crippen LogP contribution in [-0.4, -0.2) is 11.9 Å². The van der Waals surface area contributed by atoms with E-state index in [1.165, 1.54) is 38.2 Å². The molecule has 1 N–H and O–H groups in total. The summed E-state index contributed by atoms with van der Waals surface area (Å²) in [6.45, 7) is 0. The summed E-state index contributed by atoms with van der Waals surface area (Å²) in [6.07, 6.45) is 6.44. The van der Waals surface area contributed by atoms with Gasteiger partial charge < -0.3 is 5.32 Å². The Morgan fingerprint density at radius 3 is 2.20 bits per heavy atom. The van der Waals surface area contributed by atoms with Crippen LogP contribution >= 0.6 is 0 Å². The maximum Gasteiger partial charge on any atom is 0.254 e. The van der Waals surface area contributed by atoms with Gasteiger partial charge in [-0.25, -0.2) is 4.39 Å². The van der Waals surface area contributed by atoms with Crippen molar-refractivity contribution in [3.05, 3.63) is 35.6 Å². The first kappa shape index (κ1) is 12.4. The van der Waals surface area contributed by atoms with Crippen molar-refractivity contribution >= 4 is 5.91 Å².